The Labute approximate surface area is 119 Å². The fraction of sp³-hybridized carbons (Fsp3) is 0.154. The molecule has 1 aromatic carbocycles. The fourth-order valence-corrected chi connectivity index (χ4v) is 2.02. The number of benzene rings is 1. The van der Waals surface area contributed by atoms with E-state index in [1.165, 1.54) is 0 Å². The summed E-state index contributed by atoms with van der Waals surface area (Å²) >= 11 is 9.28. The predicted molar refractivity (Wildman–Crippen MR) is 77.1 cm³/mol. The summed E-state index contributed by atoms with van der Waals surface area (Å²) in [7, 11) is 0. The number of hydrogen-bond acceptors (Lipinski definition) is 3. The Hall–Kier alpha value is -1.26. The maximum atomic E-state index is 9.68. The molecule has 0 saturated heterocycles. The van der Waals surface area contributed by atoms with Gasteiger partial charge in [-0.05, 0) is 53.2 Å². The molecule has 2 aromatic rings. The number of halogens is 2. The standard InChI is InChI=1S/C13H12BrClN2O/c1-8-2-5-13(18)12(17-8)7-16-9-3-4-11(15)10(14)6-9/h2-6,16,18H,7H2,1H3. The summed E-state index contributed by atoms with van der Waals surface area (Å²) in [5.41, 5.74) is 2.41. The van der Waals surface area contributed by atoms with Gasteiger partial charge in [-0.2, -0.15) is 0 Å². The highest BCUT2D eigenvalue weighted by molar-refractivity contribution is 9.10. The van der Waals surface area contributed by atoms with Crippen molar-refractivity contribution in [3.05, 3.63) is 51.2 Å². The van der Waals surface area contributed by atoms with Gasteiger partial charge in [0.2, 0.25) is 0 Å². The number of hydrogen-bond donors (Lipinski definition) is 2. The van der Waals surface area contributed by atoms with Crippen molar-refractivity contribution in [2.75, 3.05) is 5.32 Å². The summed E-state index contributed by atoms with van der Waals surface area (Å²) < 4.78 is 0.829. The van der Waals surface area contributed by atoms with Gasteiger partial charge in [0.15, 0.2) is 0 Å². The Morgan fingerprint density at radius 2 is 2.11 bits per heavy atom. The van der Waals surface area contributed by atoms with E-state index >= 15 is 0 Å². The molecule has 18 heavy (non-hydrogen) atoms. The molecule has 94 valence electrons. The third-order valence-corrected chi connectivity index (χ3v) is 3.68. The molecule has 0 aliphatic carbocycles. The van der Waals surface area contributed by atoms with Crippen LogP contribution in [0.3, 0.4) is 0 Å². The van der Waals surface area contributed by atoms with Gasteiger partial charge in [-0.15, -0.1) is 0 Å². The highest BCUT2D eigenvalue weighted by Gasteiger charge is 2.04. The first-order valence-corrected chi connectivity index (χ1v) is 6.58. The second-order valence-corrected chi connectivity index (χ2v) is 5.16. The van der Waals surface area contributed by atoms with Crippen LogP contribution in [0.15, 0.2) is 34.8 Å². The zero-order valence-corrected chi connectivity index (χ0v) is 12.1. The lowest BCUT2D eigenvalue weighted by Gasteiger charge is -2.09. The molecule has 0 saturated carbocycles. The van der Waals surface area contributed by atoms with Crippen molar-refractivity contribution in [1.29, 1.82) is 0 Å². The third kappa shape index (κ3) is 3.15. The third-order valence-electron chi connectivity index (χ3n) is 2.47. The van der Waals surface area contributed by atoms with E-state index in [1.54, 1.807) is 18.2 Å². The lowest BCUT2D eigenvalue weighted by atomic mass is 10.2. The van der Waals surface area contributed by atoms with Crippen molar-refractivity contribution in [3.8, 4) is 5.75 Å². The van der Waals surface area contributed by atoms with Gasteiger partial charge >= 0.3 is 0 Å². The van der Waals surface area contributed by atoms with Crippen molar-refractivity contribution >= 4 is 33.2 Å². The first-order valence-electron chi connectivity index (χ1n) is 5.40. The predicted octanol–water partition coefficient (Wildman–Crippen LogP) is 4.12. The quantitative estimate of drug-likeness (QED) is 0.891. The number of nitrogens with zero attached hydrogens (tertiary/aromatic N) is 1. The normalized spacial score (nSPS) is 10.4. The lowest BCUT2D eigenvalue weighted by molar-refractivity contribution is 0.464. The smallest absolute Gasteiger partial charge is 0.138 e. The van der Waals surface area contributed by atoms with E-state index in [0.717, 1.165) is 15.9 Å². The molecule has 0 atom stereocenters. The number of anilines is 1. The molecule has 0 fully saturated rings. The second kappa shape index (κ2) is 5.59. The van der Waals surface area contributed by atoms with Gasteiger partial charge in [-0.25, -0.2) is 0 Å². The van der Waals surface area contributed by atoms with E-state index in [1.807, 2.05) is 19.1 Å². The van der Waals surface area contributed by atoms with E-state index in [9.17, 15) is 5.11 Å². The largest absolute Gasteiger partial charge is 0.506 e. The van der Waals surface area contributed by atoms with E-state index in [4.69, 9.17) is 11.6 Å². The van der Waals surface area contributed by atoms with Crippen molar-refractivity contribution in [2.45, 2.75) is 13.5 Å². The van der Waals surface area contributed by atoms with Crippen LogP contribution in [0.2, 0.25) is 5.02 Å². The molecule has 0 radical (unpaired) electrons. The van der Waals surface area contributed by atoms with Crippen LogP contribution in [0.25, 0.3) is 0 Å². The minimum Gasteiger partial charge on any atom is -0.506 e. The average Bonchev–Trinajstić information content (AvgIpc) is 2.34. The zero-order valence-electron chi connectivity index (χ0n) is 9.74. The van der Waals surface area contributed by atoms with Crippen molar-refractivity contribution < 1.29 is 5.11 Å². The van der Waals surface area contributed by atoms with Crippen LogP contribution >= 0.6 is 27.5 Å². The molecule has 0 bridgehead atoms. The highest BCUT2D eigenvalue weighted by Crippen LogP contribution is 2.26. The van der Waals surface area contributed by atoms with Crippen LogP contribution < -0.4 is 5.32 Å². The molecule has 1 aromatic heterocycles. The first kappa shape index (κ1) is 13.2. The van der Waals surface area contributed by atoms with E-state index < -0.39 is 0 Å². The number of rotatable bonds is 3. The Bertz CT molecular complexity index is 575. The number of pyridine rings is 1. The SMILES string of the molecule is Cc1ccc(O)c(CNc2ccc(Cl)c(Br)c2)n1. The van der Waals surface area contributed by atoms with Gasteiger partial charge < -0.3 is 10.4 Å². The van der Waals surface area contributed by atoms with Crippen LogP contribution in [0, 0.1) is 6.92 Å². The Morgan fingerprint density at radius 1 is 1.33 bits per heavy atom. The minimum absolute atomic E-state index is 0.195. The van der Waals surface area contributed by atoms with Crippen LogP contribution in [-0.2, 0) is 6.54 Å². The van der Waals surface area contributed by atoms with Gasteiger partial charge in [-0.3, -0.25) is 4.98 Å². The van der Waals surface area contributed by atoms with E-state index in [0.29, 0.717) is 17.3 Å². The second-order valence-electron chi connectivity index (χ2n) is 3.90. The van der Waals surface area contributed by atoms with E-state index in [-0.39, 0.29) is 5.75 Å². The molecule has 3 nitrogen and oxygen atoms in total. The van der Waals surface area contributed by atoms with Crippen LogP contribution in [0.5, 0.6) is 5.75 Å². The first-order chi connectivity index (χ1) is 8.56. The molecule has 0 unspecified atom stereocenters. The molecule has 5 heteroatoms. The van der Waals surface area contributed by atoms with Crippen molar-refractivity contribution in [3.63, 3.8) is 0 Å². The van der Waals surface area contributed by atoms with Crippen LogP contribution in [-0.4, -0.2) is 10.1 Å². The van der Waals surface area contributed by atoms with Gasteiger partial charge in [-0.1, -0.05) is 11.6 Å². The molecule has 0 amide bonds. The maximum absolute atomic E-state index is 9.68. The van der Waals surface area contributed by atoms with Crippen molar-refractivity contribution in [1.82, 2.24) is 4.98 Å². The monoisotopic (exact) mass is 326 g/mol. The highest BCUT2D eigenvalue weighted by atomic mass is 79.9. The van der Waals surface area contributed by atoms with Gasteiger partial charge in [0.05, 0.1) is 11.6 Å². The summed E-state index contributed by atoms with van der Waals surface area (Å²) in [5, 5.41) is 13.5. The molecule has 0 aliphatic rings. The van der Waals surface area contributed by atoms with E-state index in [2.05, 4.69) is 26.2 Å². The summed E-state index contributed by atoms with van der Waals surface area (Å²) in [6, 6.07) is 8.99. The number of nitrogens with one attached hydrogen (secondary N) is 1. The Morgan fingerprint density at radius 3 is 2.83 bits per heavy atom. The van der Waals surface area contributed by atoms with Crippen molar-refractivity contribution in [2.24, 2.45) is 0 Å². The zero-order chi connectivity index (χ0) is 13.1. The molecule has 0 spiro atoms. The maximum Gasteiger partial charge on any atom is 0.138 e. The number of aryl methyl sites for hydroxylation is 1. The molecular weight excluding hydrogens is 316 g/mol. The number of aromatic nitrogens is 1. The summed E-state index contributed by atoms with van der Waals surface area (Å²) in [4.78, 5) is 4.28. The minimum atomic E-state index is 0.195. The lowest BCUT2D eigenvalue weighted by Crippen LogP contribution is -2.02. The topological polar surface area (TPSA) is 45.1 Å². The number of aromatic hydroxyl groups is 1. The van der Waals surface area contributed by atoms with Gasteiger partial charge in [0, 0.05) is 15.9 Å². The molecular formula is C13H12BrClN2O. The van der Waals surface area contributed by atoms with Gasteiger partial charge in [0.1, 0.15) is 11.4 Å². The Kier molecular flexibility index (Phi) is 4.09. The molecule has 0 aliphatic heterocycles. The molecule has 2 rings (SSSR count). The average molecular weight is 328 g/mol. The fourth-order valence-electron chi connectivity index (χ4n) is 1.53. The summed E-state index contributed by atoms with van der Waals surface area (Å²) in [5.74, 6) is 0.195. The van der Waals surface area contributed by atoms with Crippen LogP contribution in [0.1, 0.15) is 11.4 Å². The molecule has 1 heterocycles. The molecule has 2 N–H and O–H groups in total. The Balaban J connectivity index is 2.11. The summed E-state index contributed by atoms with van der Waals surface area (Å²) in [6.07, 6.45) is 0. The summed E-state index contributed by atoms with van der Waals surface area (Å²) in [6.45, 7) is 2.35. The van der Waals surface area contributed by atoms with Crippen LogP contribution in [0.4, 0.5) is 5.69 Å². The van der Waals surface area contributed by atoms with Gasteiger partial charge in [0.25, 0.3) is 0 Å².